The number of nitrogens with one attached hydrogen (secondary N) is 1. The van der Waals surface area contributed by atoms with Gasteiger partial charge in [-0.25, -0.2) is 13.2 Å². The first-order chi connectivity index (χ1) is 17.7. The van der Waals surface area contributed by atoms with Gasteiger partial charge in [-0.1, -0.05) is 6.07 Å². The molecule has 12 heteroatoms. The zero-order valence-corrected chi connectivity index (χ0v) is 22.1. The van der Waals surface area contributed by atoms with Crippen LogP contribution < -0.4 is 5.32 Å². The van der Waals surface area contributed by atoms with Gasteiger partial charge in [-0.2, -0.15) is 18.4 Å². The molecule has 0 saturated heterocycles. The molecule has 38 heavy (non-hydrogen) atoms. The number of carbonyl (C=O) groups is 1. The SMILES string of the molecule is Cc1cc(-c2ccc(S(=O)(=O)[C@H]3CC[C@H](OC(C)C)C3)c(C(F)(F)F)c2)ccn1.N#CC1(NC(=O)O)CC1. The van der Waals surface area contributed by atoms with Gasteiger partial charge in [0.15, 0.2) is 9.84 Å². The van der Waals surface area contributed by atoms with E-state index in [0.29, 0.717) is 42.5 Å². The highest BCUT2D eigenvalue weighted by atomic mass is 32.2. The number of aryl methyl sites for hydroxylation is 1. The second kappa shape index (κ2) is 11.3. The molecule has 2 fully saturated rings. The van der Waals surface area contributed by atoms with Gasteiger partial charge in [-0.05, 0) is 88.3 Å². The van der Waals surface area contributed by atoms with Crippen LogP contribution in [-0.4, -0.2) is 47.6 Å². The molecule has 2 aliphatic carbocycles. The Morgan fingerprint density at radius 1 is 1.21 bits per heavy atom. The molecule has 4 rings (SSSR count). The first-order valence-electron chi connectivity index (χ1n) is 12.1. The molecule has 2 aromatic rings. The maximum atomic E-state index is 13.8. The van der Waals surface area contributed by atoms with Crippen molar-refractivity contribution in [1.29, 1.82) is 5.26 Å². The lowest BCUT2D eigenvalue weighted by molar-refractivity contribution is -0.139. The van der Waals surface area contributed by atoms with Gasteiger partial charge < -0.3 is 15.2 Å². The lowest BCUT2D eigenvalue weighted by atomic mass is 10.0. The molecule has 1 amide bonds. The Hall–Kier alpha value is -3.17. The van der Waals surface area contributed by atoms with E-state index < -0.39 is 43.4 Å². The molecule has 8 nitrogen and oxygen atoms in total. The minimum absolute atomic E-state index is 0.0599. The van der Waals surface area contributed by atoms with Crippen molar-refractivity contribution in [3.63, 3.8) is 0 Å². The van der Waals surface area contributed by atoms with E-state index >= 15 is 0 Å². The summed E-state index contributed by atoms with van der Waals surface area (Å²) >= 11 is 0. The van der Waals surface area contributed by atoms with Crippen molar-refractivity contribution < 1.29 is 36.2 Å². The van der Waals surface area contributed by atoms with Crippen LogP contribution in [0.4, 0.5) is 18.0 Å². The summed E-state index contributed by atoms with van der Waals surface area (Å²) < 4.78 is 73.2. The normalized spacial score (nSPS) is 20.3. The number of halogens is 3. The predicted molar refractivity (Wildman–Crippen MR) is 133 cm³/mol. The Kier molecular flexibility index (Phi) is 8.73. The number of hydrogen-bond donors (Lipinski definition) is 2. The van der Waals surface area contributed by atoms with Crippen LogP contribution >= 0.6 is 0 Å². The van der Waals surface area contributed by atoms with Crippen LogP contribution in [0.5, 0.6) is 0 Å². The molecule has 1 aromatic heterocycles. The minimum atomic E-state index is -4.78. The molecule has 2 N–H and O–H groups in total. The summed E-state index contributed by atoms with van der Waals surface area (Å²) in [7, 11) is -4.14. The first kappa shape index (κ1) is 29.4. The average molecular weight is 554 g/mol. The Morgan fingerprint density at radius 2 is 1.87 bits per heavy atom. The van der Waals surface area contributed by atoms with Gasteiger partial charge in [0.25, 0.3) is 0 Å². The summed E-state index contributed by atoms with van der Waals surface area (Å²) in [6.45, 7) is 5.44. The second-order valence-corrected chi connectivity index (χ2v) is 12.0. The number of ether oxygens (including phenoxy) is 1. The molecule has 0 aliphatic heterocycles. The van der Waals surface area contributed by atoms with Crippen LogP contribution in [0.1, 0.15) is 57.2 Å². The van der Waals surface area contributed by atoms with Crippen LogP contribution in [0.25, 0.3) is 11.1 Å². The molecule has 2 aliphatic rings. The van der Waals surface area contributed by atoms with Gasteiger partial charge >= 0.3 is 12.3 Å². The van der Waals surface area contributed by atoms with Gasteiger partial charge in [-0.3, -0.25) is 4.98 Å². The number of benzene rings is 1. The highest BCUT2D eigenvalue weighted by molar-refractivity contribution is 7.92. The van der Waals surface area contributed by atoms with E-state index in [4.69, 9.17) is 15.1 Å². The van der Waals surface area contributed by atoms with Crippen molar-refractivity contribution in [2.75, 3.05) is 0 Å². The van der Waals surface area contributed by atoms with Gasteiger partial charge in [0.2, 0.25) is 0 Å². The molecular formula is C26H30F3N3O5S. The number of carboxylic acid groups (broad SMARTS) is 1. The molecule has 1 aromatic carbocycles. The molecule has 2 saturated carbocycles. The summed E-state index contributed by atoms with van der Waals surface area (Å²) in [5.74, 6) is 0. The summed E-state index contributed by atoms with van der Waals surface area (Å²) in [6, 6.07) is 8.57. The van der Waals surface area contributed by atoms with E-state index in [1.165, 1.54) is 12.3 Å². The van der Waals surface area contributed by atoms with E-state index in [0.717, 1.165) is 12.1 Å². The molecule has 0 spiro atoms. The molecule has 0 bridgehead atoms. The fourth-order valence-corrected chi connectivity index (χ4v) is 6.38. The van der Waals surface area contributed by atoms with Crippen LogP contribution in [0, 0.1) is 18.3 Å². The number of alkyl halides is 3. The third-order valence-corrected chi connectivity index (χ3v) is 8.65. The number of rotatable bonds is 6. The van der Waals surface area contributed by atoms with Crippen molar-refractivity contribution >= 4 is 15.9 Å². The third kappa shape index (κ3) is 7.23. The fraction of sp³-hybridized carbons (Fsp3) is 0.500. The number of nitriles is 1. The molecule has 1 heterocycles. The fourth-order valence-electron chi connectivity index (χ4n) is 4.37. The third-order valence-electron chi connectivity index (χ3n) is 6.37. The van der Waals surface area contributed by atoms with Gasteiger partial charge in [0, 0.05) is 11.9 Å². The van der Waals surface area contributed by atoms with E-state index in [9.17, 15) is 26.4 Å². The molecule has 0 radical (unpaired) electrons. The Balaban J connectivity index is 0.000000375. The highest BCUT2D eigenvalue weighted by Crippen LogP contribution is 2.41. The molecular weight excluding hydrogens is 523 g/mol. The Bertz CT molecular complexity index is 1320. The summed E-state index contributed by atoms with van der Waals surface area (Å²) in [4.78, 5) is 13.3. The number of nitrogens with zero attached hydrogens (tertiary/aromatic N) is 2. The number of amides is 1. The second-order valence-electron chi connectivity index (χ2n) is 9.81. The van der Waals surface area contributed by atoms with Crippen molar-refractivity contribution in [2.24, 2.45) is 0 Å². The van der Waals surface area contributed by atoms with E-state index in [1.54, 1.807) is 19.1 Å². The maximum absolute atomic E-state index is 13.8. The minimum Gasteiger partial charge on any atom is -0.465 e. The first-order valence-corrected chi connectivity index (χ1v) is 13.7. The topological polar surface area (TPSA) is 129 Å². The lowest BCUT2D eigenvalue weighted by Crippen LogP contribution is -2.33. The summed E-state index contributed by atoms with van der Waals surface area (Å²) in [5, 5.41) is 17.7. The monoisotopic (exact) mass is 553 g/mol. The smallest absolute Gasteiger partial charge is 0.417 e. The van der Waals surface area contributed by atoms with Crippen LogP contribution in [-0.2, 0) is 20.8 Å². The summed E-state index contributed by atoms with van der Waals surface area (Å²) in [5.41, 5.74) is -0.341. The van der Waals surface area contributed by atoms with Crippen molar-refractivity contribution in [1.82, 2.24) is 10.3 Å². The molecule has 0 unspecified atom stereocenters. The van der Waals surface area contributed by atoms with E-state index in [1.807, 2.05) is 19.9 Å². The number of hydrogen-bond acceptors (Lipinski definition) is 6. The zero-order valence-electron chi connectivity index (χ0n) is 21.2. The van der Waals surface area contributed by atoms with Crippen LogP contribution in [0.3, 0.4) is 0 Å². The number of pyridine rings is 1. The van der Waals surface area contributed by atoms with E-state index in [2.05, 4.69) is 10.3 Å². The van der Waals surface area contributed by atoms with Crippen molar-refractivity contribution in [3.05, 3.63) is 47.8 Å². The van der Waals surface area contributed by atoms with E-state index in [-0.39, 0.29) is 18.6 Å². The van der Waals surface area contributed by atoms with Gasteiger partial charge in [-0.15, -0.1) is 0 Å². The average Bonchev–Trinajstić information content (AvgIpc) is 3.43. The van der Waals surface area contributed by atoms with Gasteiger partial charge in [0.05, 0.1) is 34.0 Å². The van der Waals surface area contributed by atoms with Crippen molar-refractivity contribution in [2.45, 2.75) is 86.9 Å². The maximum Gasteiger partial charge on any atom is 0.417 e. The summed E-state index contributed by atoms with van der Waals surface area (Å²) in [6.07, 6.45) is -2.37. The molecule has 206 valence electrons. The quantitative estimate of drug-likeness (QED) is 0.483. The van der Waals surface area contributed by atoms with Gasteiger partial charge in [0.1, 0.15) is 5.54 Å². The highest BCUT2D eigenvalue weighted by Gasteiger charge is 2.45. The Morgan fingerprint density at radius 3 is 2.37 bits per heavy atom. The molecule has 2 atom stereocenters. The van der Waals surface area contributed by atoms with Crippen LogP contribution in [0.15, 0.2) is 41.4 Å². The Labute approximate surface area is 219 Å². The van der Waals surface area contributed by atoms with Crippen molar-refractivity contribution in [3.8, 4) is 17.2 Å². The lowest BCUT2D eigenvalue weighted by Gasteiger charge is -2.19. The number of aromatic nitrogens is 1. The van der Waals surface area contributed by atoms with Crippen LogP contribution in [0.2, 0.25) is 0 Å². The standard InChI is InChI=1S/C21H24F3NO3S.C5H6N2O2/c1-13(2)28-17-5-6-18(12-17)29(26,27)20-7-4-15(11-19(20)21(22,23)24)16-8-9-25-14(3)10-16;6-3-5(1-2-5)7-4(8)9/h4,7-11,13,17-18H,5-6,12H2,1-3H3;7H,1-2H2,(H,8,9)/t17-,18-;/m0./s1. The zero-order chi connectivity index (χ0) is 28.3. The number of sulfone groups is 1. The predicted octanol–water partition coefficient (Wildman–Crippen LogP) is 5.51. The largest absolute Gasteiger partial charge is 0.465 e.